The zero-order valence-electron chi connectivity index (χ0n) is 19.2. The molecular formula is C25H32N4O3. The van der Waals surface area contributed by atoms with Crippen molar-refractivity contribution in [3.8, 4) is 5.75 Å². The van der Waals surface area contributed by atoms with Gasteiger partial charge in [0.15, 0.2) is 5.82 Å². The number of benzene rings is 2. The van der Waals surface area contributed by atoms with Gasteiger partial charge >= 0.3 is 0 Å². The third kappa shape index (κ3) is 4.95. The number of methoxy groups -OCH3 is 2. The highest BCUT2D eigenvalue weighted by Gasteiger charge is 2.25. The third-order valence-electron chi connectivity index (χ3n) is 5.98. The molecule has 3 aromatic rings. The molecule has 1 aromatic heterocycles. The van der Waals surface area contributed by atoms with E-state index >= 15 is 0 Å². The summed E-state index contributed by atoms with van der Waals surface area (Å²) in [5.74, 6) is 2.69. The molecule has 7 nitrogen and oxygen atoms in total. The fourth-order valence-electron chi connectivity index (χ4n) is 4.28. The number of fused-ring (bicyclic) bond motifs is 1. The predicted octanol–water partition coefficient (Wildman–Crippen LogP) is 3.66. The highest BCUT2D eigenvalue weighted by atomic mass is 16.5. The summed E-state index contributed by atoms with van der Waals surface area (Å²) < 4.78 is 18.9. The van der Waals surface area contributed by atoms with Crippen molar-refractivity contribution in [2.24, 2.45) is 0 Å². The lowest BCUT2D eigenvalue weighted by molar-refractivity contribution is 0.0199. The van der Waals surface area contributed by atoms with Crippen LogP contribution in [0.4, 0.5) is 5.95 Å². The second-order valence-electron chi connectivity index (χ2n) is 8.02. The smallest absolute Gasteiger partial charge is 0.227 e. The number of anilines is 1. The minimum Gasteiger partial charge on any atom is -0.496 e. The second kappa shape index (κ2) is 10.6. The van der Waals surface area contributed by atoms with Gasteiger partial charge in [-0.1, -0.05) is 42.5 Å². The lowest BCUT2D eigenvalue weighted by Gasteiger charge is -2.23. The van der Waals surface area contributed by atoms with E-state index in [-0.39, 0.29) is 6.10 Å². The second-order valence-corrected chi connectivity index (χ2v) is 8.02. The van der Waals surface area contributed by atoms with Gasteiger partial charge in [0, 0.05) is 20.2 Å². The third-order valence-corrected chi connectivity index (χ3v) is 5.98. The molecular weight excluding hydrogens is 404 g/mol. The van der Waals surface area contributed by atoms with Crippen LogP contribution in [-0.4, -0.2) is 55.3 Å². The molecule has 0 saturated carbocycles. The molecule has 0 radical (unpaired) electrons. The molecule has 4 rings (SSSR count). The summed E-state index contributed by atoms with van der Waals surface area (Å²) >= 11 is 0. The van der Waals surface area contributed by atoms with Crippen molar-refractivity contribution < 1.29 is 14.2 Å². The zero-order chi connectivity index (χ0) is 22.3. The molecule has 0 amide bonds. The van der Waals surface area contributed by atoms with E-state index in [0.29, 0.717) is 19.8 Å². The first-order chi connectivity index (χ1) is 15.7. The molecule has 0 fully saturated rings. The van der Waals surface area contributed by atoms with Gasteiger partial charge in [-0.2, -0.15) is 0 Å². The Morgan fingerprint density at radius 2 is 1.75 bits per heavy atom. The van der Waals surface area contributed by atoms with Crippen LogP contribution >= 0.6 is 0 Å². The standard InChI is InChI=1S/C25H32N4O3/c1-19(32-17-16-30-2)24-26-27-25(29(24)18-20-8-5-4-6-9-20)28-14-12-21-10-7-11-23(31-3)22(21)13-15-28/h4-11,19H,12-18H2,1-3H3. The normalized spacial score (nSPS) is 14.7. The summed E-state index contributed by atoms with van der Waals surface area (Å²) in [6.45, 7) is 5.53. The predicted molar refractivity (Wildman–Crippen MR) is 124 cm³/mol. The first-order valence-electron chi connectivity index (χ1n) is 11.2. The lowest BCUT2D eigenvalue weighted by atomic mass is 10.0. The first kappa shape index (κ1) is 22.3. The molecule has 32 heavy (non-hydrogen) atoms. The minimum atomic E-state index is -0.181. The summed E-state index contributed by atoms with van der Waals surface area (Å²) in [5, 5.41) is 9.19. The van der Waals surface area contributed by atoms with E-state index in [9.17, 15) is 0 Å². The van der Waals surface area contributed by atoms with E-state index in [1.165, 1.54) is 16.7 Å². The van der Waals surface area contributed by atoms with Crippen LogP contribution in [0.5, 0.6) is 5.75 Å². The largest absolute Gasteiger partial charge is 0.496 e. The molecule has 2 heterocycles. The number of ether oxygens (including phenoxy) is 3. The maximum absolute atomic E-state index is 5.97. The monoisotopic (exact) mass is 436 g/mol. The number of hydrogen-bond donors (Lipinski definition) is 0. The quantitative estimate of drug-likeness (QED) is 0.477. The van der Waals surface area contributed by atoms with Gasteiger partial charge < -0.3 is 19.1 Å². The summed E-state index contributed by atoms with van der Waals surface area (Å²) in [6.07, 6.45) is 1.67. The van der Waals surface area contributed by atoms with E-state index in [0.717, 1.165) is 43.5 Å². The molecule has 170 valence electrons. The molecule has 0 saturated heterocycles. The molecule has 2 aromatic carbocycles. The SMILES string of the molecule is COCCOC(C)c1nnc(N2CCc3cccc(OC)c3CC2)n1Cc1ccccc1. The van der Waals surface area contributed by atoms with Crippen LogP contribution in [0.25, 0.3) is 0 Å². The van der Waals surface area contributed by atoms with Gasteiger partial charge in [-0.05, 0) is 42.5 Å². The van der Waals surface area contributed by atoms with Gasteiger partial charge in [0.1, 0.15) is 11.9 Å². The van der Waals surface area contributed by atoms with E-state index in [1.54, 1.807) is 14.2 Å². The maximum atomic E-state index is 5.97. The summed E-state index contributed by atoms with van der Waals surface area (Å²) in [6, 6.07) is 16.7. The molecule has 1 aliphatic rings. The lowest BCUT2D eigenvalue weighted by Crippen LogP contribution is -2.29. The van der Waals surface area contributed by atoms with Crippen LogP contribution in [0.2, 0.25) is 0 Å². The fourth-order valence-corrected chi connectivity index (χ4v) is 4.28. The molecule has 0 N–H and O–H groups in total. The van der Waals surface area contributed by atoms with Crippen LogP contribution in [0, 0.1) is 0 Å². The van der Waals surface area contributed by atoms with Crippen molar-refractivity contribution in [3.63, 3.8) is 0 Å². The Balaban J connectivity index is 1.61. The van der Waals surface area contributed by atoms with Crippen molar-refractivity contribution in [2.75, 3.05) is 45.4 Å². The van der Waals surface area contributed by atoms with Crippen LogP contribution < -0.4 is 9.64 Å². The van der Waals surface area contributed by atoms with Gasteiger partial charge in [0.25, 0.3) is 0 Å². The highest BCUT2D eigenvalue weighted by molar-refractivity contribution is 5.44. The average molecular weight is 437 g/mol. The molecule has 1 unspecified atom stereocenters. The average Bonchev–Trinajstić information content (AvgIpc) is 3.10. The van der Waals surface area contributed by atoms with E-state index in [4.69, 9.17) is 14.2 Å². The maximum Gasteiger partial charge on any atom is 0.227 e. The Bertz CT molecular complexity index is 1010. The Morgan fingerprint density at radius 1 is 0.938 bits per heavy atom. The van der Waals surface area contributed by atoms with Crippen molar-refractivity contribution >= 4 is 5.95 Å². The van der Waals surface area contributed by atoms with Crippen molar-refractivity contribution in [1.29, 1.82) is 0 Å². The number of aromatic nitrogens is 3. The van der Waals surface area contributed by atoms with E-state index in [2.05, 4.69) is 56.1 Å². The fraction of sp³-hybridized carbons (Fsp3) is 0.440. The summed E-state index contributed by atoms with van der Waals surface area (Å²) in [7, 11) is 3.42. The molecule has 1 atom stereocenters. The van der Waals surface area contributed by atoms with Gasteiger partial charge in [0.2, 0.25) is 5.95 Å². The van der Waals surface area contributed by atoms with Gasteiger partial charge in [-0.3, -0.25) is 4.57 Å². The number of rotatable bonds is 9. The molecule has 7 heteroatoms. The minimum absolute atomic E-state index is 0.181. The van der Waals surface area contributed by atoms with E-state index in [1.807, 2.05) is 19.1 Å². The first-order valence-corrected chi connectivity index (χ1v) is 11.2. The molecule has 0 spiro atoms. The molecule has 0 bridgehead atoms. The zero-order valence-corrected chi connectivity index (χ0v) is 19.2. The van der Waals surface area contributed by atoms with Gasteiger partial charge in [-0.25, -0.2) is 0 Å². The van der Waals surface area contributed by atoms with Crippen molar-refractivity contribution in [2.45, 2.75) is 32.4 Å². The Kier molecular flexibility index (Phi) is 7.39. The van der Waals surface area contributed by atoms with Gasteiger partial charge in [0.05, 0.1) is 26.9 Å². The number of nitrogens with zero attached hydrogens (tertiary/aromatic N) is 4. The molecule has 0 aliphatic carbocycles. The van der Waals surface area contributed by atoms with Crippen LogP contribution in [0.3, 0.4) is 0 Å². The van der Waals surface area contributed by atoms with Crippen LogP contribution in [0.1, 0.15) is 35.5 Å². The Hall–Kier alpha value is -2.90. The Morgan fingerprint density at radius 3 is 2.53 bits per heavy atom. The summed E-state index contributed by atoms with van der Waals surface area (Å²) in [4.78, 5) is 2.33. The van der Waals surface area contributed by atoms with Crippen molar-refractivity contribution in [1.82, 2.24) is 14.8 Å². The topological polar surface area (TPSA) is 61.6 Å². The molecule has 1 aliphatic heterocycles. The van der Waals surface area contributed by atoms with E-state index < -0.39 is 0 Å². The number of hydrogen-bond acceptors (Lipinski definition) is 6. The van der Waals surface area contributed by atoms with Gasteiger partial charge in [-0.15, -0.1) is 10.2 Å². The Labute approximate surface area is 189 Å². The summed E-state index contributed by atoms with van der Waals surface area (Å²) in [5.41, 5.74) is 3.85. The van der Waals surface area contributed by atoms with Crippen molar-refractivity contribution in [3.05, 3.63) is 71.0 Å². The van der Waals surface area contributed by atoms with Crippen LogP contribution in [0.15, 0.2) is 48.5 Å². The van der Waals surface area contributed by atoms with Crippen LogP contribution in [-0.2, 0) is 28.9 Å². The highest BCUT2D eigenvalue weighted by Crippen LogP contribution is 2.29.